The fourth-order valence-electron chi connectivity index (χ4n) is 1.92. The van der Waals surface area contributed by atoms with Crippen molar-refractivity contribution in [3.63, 3.8) is 0 Å². The molecule has 3 rings (SSSR count). The van der Waals surface area contributed by atoms with Gasteiger partial charge in [-0.25, -0.2) is 9.97 Å². The third kappa shape index (κ3) is 2.80. The number of aromatic nitrogens is 2. The topological polar surface area (TPSA) is 37.8 Å². The molecule has 0 radical (unpaired) electrons. The van der Waals surface area contributed by atoms with Gasteiger partial charge in [0.05, 0.1) is 28.3 Å². The van der Waals surface area contributed by atoms with Crippen LogP contribution in [0.3, 0.4) is 0 Å². The summed E-state index contributed by atoms with van der Waals surface area (Å²) in [6.45, 7) is 2.74. The zero-order valence-corrected chi connectivity index (χ0v) is 13.8. The van der Waals surface area contributed by atoms with Gasteiger partial charge in [0.15, 0.2) is 0 Å². The molecule has 0 aliphatic heterocycles. The number of nitrogens with one attached hydrogen (secondary N) is 1. The minimum absolute atomic E-state index is 0.645. The number of pyridine rings is 1. The molecule has 3 aromatic rings. The molecule has 20 heavy (non-hydrogen) atoms. The first-order chi connectivity index (χ1) is 9.63. The van der Waals surface area contributed by atoms with Gasteiger partial charge in [-0.05, 0) is 31.2 Å². The number of thiazole rings is 1. The lowest BCUT2D eigenvalue weighted by molar-refractivity contribution is 1.10. The Kier molecular flexibility index (Phi) is 3.92. The standard InChI is InChI=1S/C14H11BrClN3S/c1-8-12(20-7-18-8)6-17-13-3-2-9-4-10(15)5-11(16)14(9)19-13/h2-5,7H,6H2,1H3,(H,17,19). The van der Waals surface area contributed by atoms with Crippen LogP contribution in [0.25, 0.3) is 10.9 Å². The summed E-state index contributed by atoms with van der Waals surface area (Å²) in [4.78, 5) is 10.0. The molecule has 0 amide bonds. The second-order valence-electron chi connectivity index (χ2n) is 4.37. The summed E-state index contributed by atoms with van der Waals surface area (Å²) >= 11 is 11.3. The van der Waals surface area contributed by atoms with Crippen molar-refractivity contribution in [2.75, 3.05) is 5.32 Å². The number of rotatable bonds is 3. The highest BCUT2D eigenvalue weighted by molar-refractivity contribution is 9.10. The van der Waals surface area contributed by atoms with E-state index in [1.165, 1.54) is 4.88 Å². The van der Waals surface area contributed by atoms with Gasteiger partial charge in [0, 0.05) is 14.7 Å². The molecule has 1 aromatic carbocycles. The number of fused-ring (bicyclic) bond motifs is 1. The number of halogens is 2. The van der Waals surface area contributed by atoms with Crippen LogP contribution in [0.15, 0.2) is 34.2 Å². The average molecular weight is 369 g/mol. The van der Waals surface area contributed by atoms with Crippen LogP contribution < -0.4 is 5.32 Å². The highest BCUT2D eigenvalue weighted by Gasteiger charge is 2.06. The molecule has 3 nitrogen and oxygen atoms in total. The van der Waals surface area contributed by atoms with E-state index in [2.05, 4.69) is 31.2 Å². The first kappa shape index (κ1) is 13.8. The Morgan fingerprint density at radius 2 is 2.20 bits per heavy atom. The van der Waals surface area contributed by atoms with Gasteiger partial charge in [-0.3, -0.25) is 0 Å². The van der Waals surface area contributed by atoms with E-state index in [0.29, 0.717) is 5.02 Å². The highest BCUT2D eigenvalue weighted by Crippen LogP contribution is 2.28. The molecule has 0 aliphatic carbocycles. The predicted octanol–water partition coefficient (Wildman–Crippen LogP) is 5.03. The predicted molar refractivity (Wildman–Crippen MR) is 88.6 cm³/mol. The van der Waals surface area contributed by atoms with Crippen LogP contribution in [-0.4, -0.2) is 9.97 Å². The van der Waals surface area contributed by atoms with Crippen molar-refractivity contribution in [3.05, 3.63) is 49.8 Å². The number of aryl methyl sites for hydroxylation is 1. The molecular weight excluding hydrogens is 358 g/mol. The smallest absolute Gasteiger partial charge is 0.127 e. The van der Waals surface area contributed by atoms with Crippen LogP contribution in [0.1, 0.15) is 10.6 Å². The van der Waals surface area contributed by atoms with Gasteiger partial charge in [-0.15, -0.1) is 11.3 Å². The first-order valence-electron chi connectivity index (χ1n) is 6.02. The van der Waals surface area contributed by atoms with Gasteiger partial charge < -0.3 is 5.32 Å². The molecule has 0 aliphatic rings. The van der Waals surface area contributed by atoms with E-state index in [1.54, 1.807) is 11.3 Å². The van der Waals surface area contributed by atoms with E-state index in [0.717, 1.165) is 33.4 Å². The zero-order valence-electron chi connectivity index (χ0n) is 10.7. The molecule has 0 atom stereocenters. The minimum atomic E-state index is 0.645. The van der Waals surface area contributed by atoms with Gasteiger partial charge in [0.1, 0.15) is 5.82 Å². The highest BCUT2D eigenvalue weighted by atomic mass is 79.9. The number of hydrogen-bond acceptors (Lipinski definition) is 4. The van der Waals surface area contributed by atoms with Crippen LogP contribution in [-0.2, 0) is 6.54 Å². The van der Waals surface area contributed by atoms with Crippen LogP contribution in [0, 0.1) is 6.92 Å². The third-order valence-corrected chi connectivity index (χ3v) is 4.67. The lowest BCUT2D eigenvalue weighted by Gasteiger charge is -2.07. The Labute approximate surface area is 134 Å². The summed E-state index contributed by atoms with van der Waals surface area (Å²) in [5.74, 6) is 0.814. The monoisotopic (exact) mass is 367 g/mol. The summed E-state index contributed by atoms with van der Waals surface area (Å²) in [5, 5.41) is 4.97. The largest absolute Gasteiger partial charge is 0.365 e. The van der Waals surface area contributed by atoms with E-state index in [1.807, 2.05) is 36.7 Å². The molecule has 1 N–H and O–H groups in total. The maximum absolute atomic E-state index is 6.23. The molecule has 0 bridgehead atoms. The quantitative estimate of drug-likeness (QED) is 0.704. The number of hydrogen-bond donors (Lipinski definition) is 1. The Balaban J connectivity index is 1.88. The Hall–Kier alpha value is -1.17. The van der Waals surface area contributed by atoms with Crippen molar-refractivity contribution >= 4 is 55.6 Å². The molecule has 0 unspecified atom stereocenters. The summed E-state index contributed by atoms with van der Waals surface area (Å²) < 4.78 is 0.956. The van der Waals surface area contributed by atoms with Crippen molar-refractivity contribution in [2.24, 2.45) is 0 Å². The normalized spacial score (nSPS) is 10.9. The van der Waals surface area contributed by atoms with Crippen molar-refractivity contribution in [2.45, 2.75) is 13.5 Å². The second-order valence-corrected chi connectivity index (χ2v) is 6.63. The molecule has 2 aromatic heterocycles. The summed E-state index contributed by atoms with van der Waals surface area (Å²) in [6, 6.07) is 7.83. The molecule has 0 fully saturated rings. The third-order valence-electron chi connectivity index (χ3n) is 2.99. The van der Waals surface area contributed by atoms with E-state index in [-0.39, 0.29) is 0 Å². The summed E-state index contributed by atoms with van der Waals surface area (Å²) in [5.41, 5.74) is 3.72. The molecule has 0 saturated carbocycles. The fourth-order valence-corrected chi connectivity index (χ4v) is 3.52. The van der Waals surface area contributed by atoms with Crippen molar-refractivity contribution in [3.8, 4) is 0 Å². The maximum atomic E-state index is 6.23. The van der Waals surface area contributed by atoms with Crippen LogP contribution >= 0.6 is 38.9 Å². The van der Waals surface area contributed by atoms with Gasteiger partial charge >= 0.3 is 0 Å². The minimum Gasteiger partial charge on any atom is -0.365 e. The zero-order chi connectivity index (χ0) is 14.1. The Morgan fingerprint density at radius 3 is 2.95 bits per heavy atom. The average Bonchev–Trinajstić information content (AvgIpc) is 2.82. The fraction of sp³-hybridized carbons (Fsp3) is 0.143. The molecular formula is C14H11BrClN3S. The van der Waals surface area contributed by atoms with Crippen molar-refractivity contribution in [1.82, 2.24) is 9.97 Å². The number of benzene rings is 1. The van der Waals surface area contributed by atoms with Crippen molar-refractivity contribution in [1.29, 1.82) is 0 Å². The van der Waals surface area contributed by atoms with Gasteiger partial charge in [-0.2, -0.15) is 0 Å². The van der Waals surface area contributed by atoms with Gasteiger partial charge in [0.25, 0.3) is 0 Å². The van der Waals surface area contributed by atoms with E-state index < -0.39 is 0 Å². The first-order valence-corrected chi connectivity index (χ1v) is 8.07. The Morgan fingerprint density at radius 1 is 1.35 bits per heavy atom. The summed E-state index contributed by atoms with van der Waals surface area (Å²) in [6.07, 6.45) is 0. The molecule has 102 valence electrons. The Bertz CT molecular complexity index is 772. The van der Waals surface area contributed by atoms with Crippen molar-refractivity contribution < 1.29 is 0 Å². The van der Waals surface area contributed by atoms with Crippen LogP contribution in [0.2, 0.25) is 5.02 Å². The maximum Gasteiger partial charge on any atom is 0.127 e. The van der Waals surface area contributed by atoms with E-state index in [9.17, 15) is 0 Å². The molecule has 0 spiro atoms. The number of anilines is 1. The SMILES string of the molecule is Cc1ncsc1CNc1ccc2cc(Br)cc(Cl)c2n1. The van der Waals surface area contributed by atoms with Crippen LogP contribution in [0.5, 0.6) is 0 Å². The second kappa shape index (κ2) is 5.68. The molecule has 6 heteroatoms. The molecule has 0 saturated heterocycles. The van der Waals surface area contributed by atoms with E-state index >= 15 is 0 Å². The lowest BCUT2D eigenvalue weighted by atomic mass is 10.2. The van der Waals surface area contributed by atoms with E-state index in [4.69, 9.17) is 11.6 Å². The van der Waals surface area contributed by atoms with Crippen LogP contribution in [0.4, 0.5) is 5.82 Å². The lowest BCUT2D eigenvalue weighted by Crippen LogP contribution is -2.01. The van der Waals surface area contributed by atoms with Gasteiger partial charge in [-0.1, -0.05) is 27.5 Å². The summed E-state index contributed by atoms with van der Waals surface area (Å²) in [7, 11) is 0. The molecule has 2 heterocycles. The number of nitrogens with zero attached hydrogens (tertiary/aromatic N) is 2. The van der Waals surface area contributed by atoms with Gasteiger partial charge in [0.2, 0.25) is 0 Å².